The Balaban J connectivity index is 2.45. The zero-order chi connectivity index (χ0) is 12.4. The van der Waals surface area contributed by atoms with Gasteiger partial charge in [0.1, 0.15) is 0 Å². The van der Waals surface area contributed by atoms with Crippen LogP contribution in [0.4, 0.5) is 5.95 Å². The van der Waals surface area contributed by atoms with Crippen LogP contribution in [0.2, 0.25) is 10.0 Å². The van der Waals surface area contributed by atoms with Crippen LogP contribution < -0.4 is 5.32 Å². The summed E-state index contributed by atoms with van der Waals surface area (Å²) in [7, 11) is 0. The van der Waals surface area contributed by atoms with Crippen LogP contribution in [0.3, 0.4) is 0 Å². The molecule has 2 rings (SSSR count). The lowest BCUT2D eigenvalue weighted by Crippen LogP contribution is -2.14. The topological polar surface area (TPSA) is 29.9 Å². The van der Waals surface area contributed by atoms with Gasteiger partial charge in [0.15, 0.2) is 0 Å². The molecule has 0 aliphatic heterocycles. The fourth-order valence-corrected chi connectivity index (χ4v) is 1.91. The number of anilines is 1. The van der Waals surface area contributed by atoms with Crippen LogP contribution in [0.5, 0.6) is 0 Å². The third kappa shape index (κ3) is 2.73. The molecule has 0 unspecified atom stereocenters. The van der Waals surface area contributed by atoms with Crippen molar-refractivity contribution in [3.8, 4) is 5.69 Å². The third-order valence-electron chi connectivity index (χ3n) is 2.23. The molecule has 0 spiro atoms. The summed E-state index contributed by atoms with van der Waals surface area (Å²) in [4.78, 5) is 4.25. The Morgan fingerprint density at radius 1 is 1.29 bits per heavy atom. The van der Waals surface area contributed by atoms with Crippen LogP contribution >= 0.6 is 23.2 Å². The van der Waals surface area contributed by atoms with Crippen molar-refractivity contribution >= 4 is 29.2 Å². The van der Waals surface area contributed by atoms with Gasteiger partial charge in [-0.3, -0.25) is 4.57 Å². The van der Waals surface area contributed by atoms with Crippen molar-refractivity contribution in [1.82, 2.24) is 9.55 Å². The van der Waals surface area contributed by atoms with Crippen LogP contribution in [0.15, 0.2) is 30.6 Å². The highest BCUT2D eigenvalue weighted by Gasteiger charge is 2.09. The molecule has 0 atom stereocenters. The minimum atomic E-state index is 0.300. The van der Waals surface area contributed by atoms with Gasteiger partial charge in [-0.25, -0.2) is 4.98 Å². The second-order valence-electron chi connectivity index (χ2n) is 4.02. The Kier molecular flexibility index (Phi) is 3.60. The van der Waals surface area contributed by atoms with Gasteiger partial charge >= 0.3 is 0 Å². The fraction of sp³-hybridized carbons (Fsp3) is 0.250. The predicted octanol–water partition coefficient (Wildman–Crippen LogP) is 4.00. The normalized spacial score (nSPS) is 10.9. The number of halogens is 2. The maximum atomic E-state index is 6.16. The molecule has 0 aliphatic rings. The largest absolute Gasteiger partial charge is 0.353 e. The molecule has 5 heteroatoms. The number of nitrogens with one attached hydrogen (secondary N) is 1. The number of hydrogen-bond acceptors (Lipinski definition) is 2. The number of aromatic nitrogens is 2. The van der Waals surface area contributed by atoms with Gasteiger partial charge in [-0.05, 0) is 32.0 Å². The standard InChI is InChI=1S/C12H13Cl2N3/c1-8(2)16-12-15-5-6-17(12)11-7-9(13)3-4-10(11)14/h3-8H,1-2H3,(H,15,16). The summed E-state index contributed by atoms with van der Waals surface area (Å²) in [6.07, 6.45) is 3.57. The second-order valence-corrected chi connectivity index (χ2v) is 4.86. The summed E-state index contributed by atoms with van der Waals surface area (Å²) in [6, 6.07) is 5.66. The van der Waals surface area contributed by atoms with Gasteiger partial charge in [-0.2, -0.15) is 0 Å². The summed E-state index contributed by atoms with van der Waals surface area (Å²) >= 11 is 12.1. The molecule has 0 saturated carbocycles. The van der Waals surface area contributed by atoms with E-state index in [2.05, 4.69) is 24.1 Å². The molecule has 0 amide bonds. The molecule has 0 fully saturated rings. The highest BCUT2D eigenvalue weighted by Crippen LogP contribution is 2.26. The lowest BCUT2D eigenvalue weighted by Gasteiger charge is -2.13. The van der Waals surface area contributed by atoms with Crippen LogP contribution in [0.1, 0.15) is 13.8 Å². The average Bonchev–Trinajstić information content (AvgIpc) is 2.69. The summed E-state index contributed by atoms with van der Waals surface area (Å²) in [5, 5.41) is 4.53. The van der Waals surface area contributed by atoms with Gasteiger partial charge in [-0.15, -0.1) is 0 Å². The molecular formula is C12H13Cl2N3. The van der Waals surface area contributed by atoms with Crippen molar-refractivity contribution in [3.05, 3.63) is 40.6 Å². The van der Waals surface area contributed by atoms with E-state index < -0.39 is 0 Å². The van der Waals surface area contributed by atoms with Crippen LogP contribution in [-0.2, 0) is 0 Å². The number of nitrogens with zero attached hydrogens (tertiary/aromatic N) is 2. The van der Waals surface area contributed by atoms with Crippen molar-refractivity contribution in [2.75, 3.05) is 5.32 Å². The Labute approximate surface area is 110 Å². The minimum absolute atomic E-state index is 0.300. The first-order chi connectivity index (χ1) is 8.08. The maximum absolute atomic E-state index is 6.16. The van der Waals surface area contributed by atoms with Gasteiger partial charge in [0.25, 0.3) is 0 Å². The molecule has 0 aliphatic carbocycles. The van der Waals surface area contributed by atoms with Crippen molar-refractivity contribution in [3.63, 3.8) is 0 Å². The van der Waals surface area contributed by atoms with E-state index >= 15 is 0 Å². The van der Waals surface area contributed by atoms with E-state index in [9.17, 15) is 0 Å². The van der Waals surface area contributed by atoms with Crippen molar-refractivity contribution in [2.24, 2.45) is 0 Å². The predicted molar refractivity (Wildman–Crippen MR) is 72.3 cm³/mol. The highest BCUT2D eigenvalue weighted by atomic mass is 35.5. The molecule has 1 heterocycles. The number of hydrogen-bond donors (Lipinski definition) is 1. The Bertz CT molecular complexity index is 520. The molecule has 1 aromatic carbocycles. The Hall–Kier alpha value is -1.19. The quantitative estimate of drug-likeness (QED) is 0.913. The maximum Gasteiger partial charge on any atom is 0.207 e. The van der Waals surface area contributed by atoms with Crippen LogP contribution in [0.25, 0.3) is 5.69 Å². The van der Waals surface area contributed by atoms with Gasteiger partial charge in [0, 0.05) is 23.5 Å². The summed E-state index contributed by atoms with van der Waals surface area (Å²) in [6.45, 7) is 4.11. The van der Waals surface area contributed by atoms with E-state index in [0.29, 0.717) is 16.1 Å². The lowest BCUT2D eigenvalue weighted by atomic mass is 10.3. The third-order valence-corrected chi connectivity index (χ3v) is 2.78. The Morgan fingerprint density at radius 2 is 2.06 bits per heavy atom. The first kappa shape index (κ1) is 12.3. The van der Waals surface area contributed by atoms with Crippen LogP contribution in [0, 0.1) is 0 Å². The summed E-state index contributed by atoms with van der Waals surface area (Å²) in [5.41, 5.74) is 0.819. The monoisotopic (exact) mass is 269 g/mol. The molecule has 1 N–H and O–H groups in total. The van der Waals surface area contributed by atoms with Gasteiger partial charge in [0.2, 0.25) is 5.95 Å². The van der Waals surface area contributed by atoms with Gasteiger partial charge in [0.05, 0.1) is 10.7 Å². The first-order valence-electron chi connectivity index (χ1n) is 5.33. The molecule has 90 valence electrons. The van der Waals surface area contributed by atoms with Crippen molar-refractivity contribution in [2.45, 2.75) is 19.9 Å². The minimum Gasteiger partial charge on any atom is -0.353 e. The lowest BCUT2D eigenvalue weighted by molar-refractivity contribution is 0.864. The number of imidazole rings is 1. The van der Waals surface area contributed by atoms with E-state index in [1.165, 1.54) is 0 Å². The molecule has 3 nitrogen and oxygen atoms in total. The smallest absolute Gasteiger partial charge is 0.207 e. The zero-order valence-corrected chi connectivity index (χ0v) is 11.1. The van der Waals surface area contributed by atoms with E-state index in [1.54, 1.807) is 18.3 Å². The first-order valence-corrected chi connectivity index (χ1v) is 6.09. The molecule has 2 aromatic rings. The van der Waals surface area contributed by atoms with E-state index in [1.807, 2.05) is 16.8 Å². The van der Waals surface area contributed by atoms with Crippen molar-refractivity contribution < 1.29 is 0 Å². The molecule has 0 bridgehead atoms. The zero-order valence-electron chi connectivity index (χ0n) is 9.61. The van der Waals surface area contributed by atoms with Gasteiger partial charge < -0.3 is 5.32 Å². The SMILES string of the molecule is CC(C)Nc1nccn1-c1cc(Cl)ccc1Cl. The molecule has 17 heavy (non-hydrogen) atoms. The van der Waals surface area contributed by atoms with Crippen LogP contribution in [-0.4, -0.2) is 15.6 Å². The van der Waals surface area contributed by atoms with Crippen molar-refractivity contribution in [1.29, 1.82) is 0 Å². The molecule has 0 radical (unpaired) electrons. The van der Waals surface area contributed by atoms with E-state index in [0.717, 1.165) is 11.6 Å². The summed E-state index contributed by atoms with van der Waals surface area (Å²) in [5.74, 6) is 0.754. The highest BCUT2D eigenvalue weighted by molar-refractivity contribution is 6.34. The number of rotatable bonds is 3. The number of benzene rings is 1. The average molecular weight is 270 g/mol. The molecule has 1 aromatic heterocycles. The summed E-state index contributed by atoms with van der Waals surface area (Å²) < 4.78 is 1.88. The fourth-order valence-electron chi connectivity index (χ4n) is 1.53. The van der Waals surface area contributed by atoms with E-state index in [-0.39, 0.29) is 0 Å². The van der Waals surface area contributed by atoms with E-state index in [4.69, 9.17) is 23.2 Å². The molecular weight excluding hydrogens is 257 g/mol. The molecule has 0 saturated heterocycles. The Morgan fingerprint density at radius 3 is 2.76 bits per heavy atom. The second kappa shape index (κ2) is 4.98. The van der Waals surface area contributed by atoms with Gasteiger partial charge in [-0.1, -0.05) is 23.2 Å².